The Morgan fingerprint density at radius 2 is 1.70 bits per heavy atom. The van der Waals surface area contributed by atoms with Crippen LogP contribution in [0, 0.1) is 6.92 Å². The molecule has 0 saturated carbocycles. The standard InChI is InChI=1S/C19H23N3O4S/c1-4-17(19(24)21-16-8-6-5-7-15(16)18(20)23)22(27(3,25)26)14-11-9-13(2)10-12-14/h5-12,17H,4H2,1-3H3,(H2,20,23)(H,21,24). The van der Waals surface area contributed by atoms with Crippen molar-refractivity contribution in [1.82, 2.24) is 0 Å². The van der Waals surface area contributed by atoms with Gasteiger partial charge in [0.25, 0.3) is 5.91 Å². The van der Waals surface area contributed by atoms with Crippen LogP contribution in [0.3, 0.4) is 0 Å². The van der Waals surface area contributed by atoms with E-state index in [2.05, 4.69) is 5.32 Å². The molecule has 0 fully saturated rings. The van der Waals surface area contributed by atoms with E-state index in [1.54, 1.807) is 49.4 Å². The summed E-state index contributed by atoms with van der Waals surface area (Å²) in [6, 6.07) is 12.2. The lowest BCUT2D eigenvalue weighted by molar-refractivity contribution is -0.117. The molecule has 0 spiro atoms. The van der Waals surface area contributed by atoms with E-state index in [4.69, 9.17) is 5.73 Å². The van der Waals surface area contributed by atoms with Crippen molar-refractivity contribution in [3.63, 3.8) is 0 Å². The van der Waals surface area contributed by atoms with E-state index >= 15 is 0 Å². The van der Waals surface area contributed by atoms with Crippen LogP contribution >= 0.6 is 0 Å². The van der Waals surface area contributed by atoms with Gasteiger partial charge in [-0.1, -0.05) is 36.8 Å². The molecule has 144 valence electrons. The van der Waals surface area contributed by atoms with Crippen molar-refractivity contribution in [2.75, 3.05) is 15.9 Å². The molecule has 0 radical (unpaired) electrons. The van der Waals surface area contributed by atoms with Crippen LogP contribution in [0.15, 0.2) is 48.5 Å². The van der Waals surface area contributed by atoms with Crippen molar-refractivity contribution in [2.24, 2.45) is 5.73 Å². The number of para-hydroxylation sites is 1. The first-order valence-electron chi connectivity index (χ1n) is 8.41. The topological polar surface area (TPSA) is 110 Å². The summed E-state index contributed by atoms with van der Waals surface area (Å²) >= 11 is 0. The van der Waals surface area contributed by atoms with Crippen LogP contribution < -0.4 is 15.4 Å². The van der Waals surface area contributed by atoms with Crippen LogP contribution in [0.1, 0.15) is 29.3 Å². The molecule has 1 unspecified atom stereocenters. The molecule has 2 amide bonds. The third-order valence-electron chi connectivity index (χ3n) is 4.07. The minimum absolute atomic E-state index is 0.155. The van der Waals surface area contributed by atoms with Gasteiger partial charge in [-0.15, -0.1) is 0 Å². The van der Waals surface area contributed by atoms with Gasteiger partial charge in [0, 0.05) is 0 Å². The molecular formula is C19H23N3O4S. The highest BCUT2D eigenvalue weighted by molar-refractivity contribution is 7.92. The summed E-state index contributed by atoms with van der Waals surface area (Å²) in [6.45, 7) is 3.61. The number of sulfonamides is 1. The number of hydrogen-bond donors (Lipinski definition) is 2. The van der Waals surface area contributed by atoms with Crippen LogP contribution in [0.5, 0.6) is 0 Å². The largest absolute Gasteiger partial charge is 0.366 e. The third kappa shape index (κ3) is 4.85. The van der Waals surface area contributed by atoms with Crippen LogP contribution in [0.4, 0.5) is 11.4 Å². The first-order chi connectivity index (χ1) is 12.6. The van der Waals surface area contributed by atoms with E-state index in [0.29, 0.717) is 5.69 Å². The number of aryl methyl sites for hydroxylation is 1. The second kappa shape index (κ2) is 8.22. The van der Waals surface area contributed by atoms with Crippen molar-refractivity contribution < 1.29 is 18.0 Å². The maximum absolute atomic E-state index is 12.9. The zero-order valence-electron chi connectivity index (χ0n) is 15.5. The van der Waals surface area contributed by atoms with Gasteiger partial charge in [0.2, 0.25) is 15.9 Å². The van der Waals surface area contributed by atoms with Gasteiger partial charge in [0.05, 0.1) is 23.2 Å². The predicted molar refractivity (Wildman–Crippen MR) is 106 cm³/mol. The van der Waals surface area contributed by atoms with Crippen molar-refractivity contribution in [2.45, 2.75) is 26.3 Å². The Morgan fingerprint density at radius 1 is 1.11 bits per heavy atom. The van der Waals surface area contributed by atoms with Crippen LogP contribution in [-0.4, -0.2) is 32.5 Å². The Balaban J connectivity index is 2.41. The molecule has 0 aliphatic carbocycles. The van der Waals surface area contributed by atoms with E-state index in [9.17, 15) is 18.0 Å². The summed E-state index contributed by atoms with van der Waals surface area (Å²) in [5.41, 5.74) is 7.10. The normalized spacial score (nSPS) is 12.3. The molecule has 8 heteroatoms. The molecule has 27 heavy (non-hydrogen) atoms. The van der Waals surface area contributed by atoms with Crippen LogP contribution in [0.2, 0.25) is 0 Å². The lowest BCUT2D eigenvalue weighted by Crippen LogP contribution is -2.47. The molecule has 0 bridgehead atoms. The van der Waals surface area contributed by atoms with Gasteiger partial charge in [-0.3, -0.25) is 13.9 Å². The van der Waals surface area contributed by atoms with E-state index in [1.807, 2.05) is 6.92 Å². The first kappa shape index (κ1) is 20.4. The summed E-state index contributed by atoms with van der Waals surface area (Å²) in [5.74, 6) is -1.23. The summed E-state index contributed by atoms with van der Waals surface area (Å²) in [5, 5.41) is 2.63. The van der Waals surface area contributed by atoms with Gasteiger partial charge in [-0.25, -0.2) is 8.42 Å². The number of nitrogens with zero attached hydrogens (tertiary/aromatic N) is 1. The van der Waals surface area contributed by atoms with E-state index in [1.165, 1.54) is 6.07 Å². The molecule has 2 aromatic carbocycles. The fourth-order valence-electron chi connectivity index (χ4n) is 2.77. The number of carbonyl (C=O) groups excluding carboxylic acids is 2. The minimum atomic E-state index is -3.73. The number of anilines is 2. The Hall–Kier alpha value is -2.87. The van der Waals surface area contributed by atoms with Crippen LogP contribution in [-0.2, 0) is 14.8 Å². The number of hydrogen-bond acceptors (Lipinski definition) is 4. The SMILES string of the molecule is CCC(C(=O)Nc1ccccc1C(N)=O)N(c1ccc(C)cc1)S(C)(=O)=O. The fraction of sp³-hybridized carbons (Fsp3) is 0.263. The number of rotatable bonds is 7. The van der Waals surface area contributed by atoms with E-state index < -0.39 is 27.9 Å². The molecule has 3 N–H and O–H groups in total. The molecule has 2 aromatic rings. The molecule has 7 nitrogen and oxygen atoms in total. The molecule has 0 aliphatic heterocycles. The highest BCUT2D eigenvalue weighted by Gasteiger charge is 2.31. The quantitative estimate of drug-likeness (QED) is 0.757. The average Bonchev–Trinajstić information content (AvgIpc) is 2.59. The van der Waals surface area contributed by atoms with Gasteiger partial charge in [-0.05, 0) is 37.6 Å². The molecule has 0 aromatic heterocycles. The summed E-state index contributed by atoms with van der Waals surface area (Å²) in [4.78, 5) is 24.4. The summed E-state index contributed by atoms with van der Waals surface area (Å²) in [6.07, 6.45) is 1.30. The number of carbonyl (C=O) groups is 2. The Labute approximate surface area is 159 Å². The zero-order chi connectivity index (χ0) is 20.2. The van der Waals surface area contributed by atoms with Crippen molar-refractivity contribution in [3.8, 4) is 0 Å². The number of benzene rings is 2. The molecule has 0 heterocycles. The number of nitrogens with one attached hydrogen (secondary N) is 1. The molecule has 1 atom stereocenters. The highest BCUT2D eigenvalue weighted by atomic mass is 32.2. The monoisotopic (exact) mass is 389 g/mol. The Kier molecular flexibility index (Phi) is 6.22. The van der Waals surface area contributed by atoms with Gasteiger partial charge >= 0.3 is 0 Å². The van der Waals surface area contributed by atoms with Crippen molar-refractivity contribution in [3.05, 3.63) is 59.7 Å². The summed E-state index contributed by atoms with van der Waals surface area (Å²) in [7, 11) is -3.73. The number of amides is 2. The zero-order valence-corrected chi connectivity index (χ0v) is 16.3. The highest BCUT2D eigenvalue weighted by Crippen LogP contribution is 2.24. The molecule has 2 rings (SSSR count). The van der Waals surface area contributed by atoms with Gasteiger partial charge in [0.1, 0.15) is 6.04 Å². The molecule has 0 saturated heterocycles. The van der Waals surface area contributed by atoms with Crippen molar-refractivity contribution in [1.29, 1.82) is 0 Å². The second-order valence-electron chi connectivity index (χ2n) is 6.22. The van der Waals surface area contributed by atoms with Gasteiger partial charge < -0.3 is 11.1 Å². The Morgan fingerprint density at radius 3 is 2.22 bits per heavy atom. The number of nitrogens with two attached hydrogens (primary N) is 1. The van der Waals surface area contributed by atoms with Gasteiger partial charge in [-0.2, -0.15) is 0 Å². The maximum atomic E-state index is 12.9. The second-order valence-corrected chi connectivity index (χ2v) is 8.08. The van der Waals surface area contributed by atoms with E-state index in [0.717, 1.165) is 16.1 Å². The van der Waals surface area contributed by atoms with Gasteiger partial charge in [0.15, 0.2) is 0 Å². The van der Waals surface area contributed by atoms with Crippen LogP contribution in [0.25, 0.3) is 0 Å². The first-order valence-corrected chi connectivity index (χ1v) is 10.3. The predicted octanol–water partition coefficient (Wildman–Crippen LogP) is 2.28. The Bertz CT molecular complexity index is 940. The van der Waals surface area contributed by atoms with Crippen molar-refractivity contribution >= 4 is 33.2 Å². The lowest BCUT2D eigenvalue weighted by atomic mass is 10.1. The number of primary amides is 1. The van der Waals surface area contributed by atoms with E-state index in [-0.39, 0.29) is 17.7 Å². The maximum Gasteiger partial charge on any atom is 0.250 e. The lowest BCUT2D eigenvalue weighted by Gasteiger charge is -2.30. The summed E-state index contributed by atoms with van der Waals surface area (Å²) < 4.78 is 25.9. The third-order valence-corrected chi connectivity index (χ3v) is 5.25. The molecule has 0 aliphatic rings. The molecular weight excluding hydrogens is 366 g/mol. The smallest absolute Gasteiger partial charge is 0.250 e. The average molecular weight is 389 g/mol. The fourth-order valence-corrected chi connectivity index (χ4v) is 3.99. The minimum Gasteiger partial charge on any atom is -0.366 e.